The fourth-order valence-electron chi connectivity index (χ4n) is 4.57. The quantitative estimate of drug-likeness (QED) is 0.809. The molecule has 0 radical (unpaired) electrons. The lowest BCUT2D eigenvalue weighted by molar-refractivity contribution is 0.0701. The minimum Gasteiger partial charge on any atom is -0.466 e. The normalized spacial score (nSPS) is 21.2. The summed E-state index contributed by atoms with van der Waals surface area (Å²) < 4.78 is 7.71. The van der Waals surface area contributed by atoms with Crippen molar-refractivity contribution in [2.75, 3.05) is 26.2 Å². The fraction of sp³-hybridized carbons (Fsp3) is 0.667. The summed E-state index contributed by atoms with van der Waals surface area (Å²) in [4.78, 5) is 17.4. The molecule has 0 saturated carbocycles. The second-order valence-corrected chi connectivity index (χ2v) is 8.29. The van der Waals surface area contributed by atoms with E-state index >= 15 is 0 Å². The first kappa shape index (κ1) is 19.2. The van der Waals surface area contributed by atoms with Crippen LogP contribution in [-0.4, -0.2) is 56.7 Å². The van der Waals surface area contributed by atoms with E-state index in [1.165, 1.54) is 19.3 Å². The van der Waals surface area contributed by atoms with Gasteiger partial charge in [-0.2, -0.15) is 0 Å². The first-order chi connectivity index (χ1) is 13.5. The van der Waals surface area contributed by atoms with Crippen molar-refractivity contribution in [1.29, 1.82) is 0 Å². The van der Waals surface area contributed by atoms with E-state index in [9.17, 15) is 4.79 Å². The maximum atomic E-state index is 13.0. The molecule has 152 valence electrons. The van der Waals surface area contributed by atoms with Crippen LogP contribution in [-0.2, 0) is 13.6 Å². The number of rotatable bonds is 4. The average Bonchev–Trinajstić information content (AvgIpc) is 3.23. The summed E-state index contributed by atoms with van der Waals surface area (Å²) in [5, 5.41) is 9.01. The van der Waals surface area contributed by atoms with Gasteiger partial charge in [0, 0.05) is 26.1 Å². The molecule has 0 aromatic carbocycles. The smallest absolute Gasteiger partial charge is 0.257 e. The van der Waals surface area contributed by atoms with Crippen LogP contribution >= 0.6 is 0 Å². The largest absolute Gasteiger partial charge is 0.466 e. The molecule has 2 fully saturated rings. The summed E-state index contributed by atoms with van der Waals surface area (Å²) in [7, 11) is 2.07. The number of nitrogens with zero attached hydrogens (tertiary/aromatic N) is 5. The van der Waals surface area contributed by atoms with Crippen molar-refractivity contribution in [3.63, 3.8) is 0 Å². The molecule has 28 heavy (non-hydrogen) atoms. The number of likely N-dealkylation sites (tertiary alicyclic amines) is 2. The lowest BCUT2D eigenvalue weighted by Gasteiger charge is -2.32. The van der Waals surface area contributed by atoms with E-state index < -0.39 is 0 Å². The number of piperidine rings is 2. The van der Waals surface area contributed by atoms with Gasteiger partial charge in [0.05, 0.1) is 12.1 Å². The molecule has 4 heterocycles. The van der Waals surface area contributed by atoms with Crippen molar-refractivity contribution >= 4 is 5.91 Å². The summed E-state index contributed by atoms with van der Waals surface area (Å²) in [6.45, 7) is 8.39. The predicted molar refractivity (Wildman–Crippen MR) is 106 cm³/mol. The molecule has 2 aromatic heterocycles. The number of hydrogen-bond donors (Lipinski definition) is 0. The zero-order valence-electron chi connectivity index (χ0n) is 17.3. The number of carbonyl (C=O) groups is 1. The highest BCUT2D eigenvalue weighted by Gasteiger charge is 2.30. The third-order valence-electron chi connectivity index (χ3n) is 6.16. The van der Waals surface area contributed by atoms with Crippen LogP contribution < -0.4 is 0 Å². The average molecular weight is 386 g/mol. The van der Waals surface area contributed by atoms with Crippen molar-refractivity contribution in [1.82, 2.24) is 24.6 Å². The molecule has 7 nitrogen and oxygen atoms in total. The summed E-state index contributed by atoms with van der Waals surface area (Å²) in [6.07, 6.45) is 5.92. The van der Waals surface area contributed by atoms with Gasteiger partial charge in [-0.05, 0) is 58.7 Å². The van der Waals surface area contributed by atoms with E-state index in [0.29, 0.717) is 17.9 Å². The molecule has 2 saturated heterocycles. The lowest BCUT2D eigenvalue weighted by atomic mass is 9.96. The molecule has 1 amide bonds. The van der Waals surface area contributed by atoms with Gasteiger partial charge in [-0.15, -0.1) is 10.2 Å². The van der Waals surface area contributed by atoms with E-state index in [1.807, 2.05) is 24.8 Å². The standard InChI is InChI=1S/C21H31N5O2/c1-15-12-18(16(2)28-15)21(27)26-11-7-8-17(13-26)20-23-22-19(24(20)3)14-25-9-5-4-6-10-25/h12,17H,4-11,13-14H2,1-3H3/t17-/m1/s1. The Kier molecular flexibility index (Phi) is 5.53. The Bertz CT molecular complexity index is 834. The minimum atomic E-state index is 0.0646. The van der Waals surface area contributed by atoms with Crippen LogP contribution in [0.1, 0.15) is 71.5 Å². The molecule has 0 N–H and O–H groups in total. The van der Waals surface area contributed by atoms with Crippen molar-refractivity contribution in [3.05, 3.63) is 34.8 Å². The molecule has 0 unspecified atom stereocenters. The monoisotopic (exact) mass is 385 g/mol. The lowest BCUT2D eigenvalue weighted by Crippen LogP contribution is -2.40. The van der Waals surface area contributed by atoms with Gasteiger partial charge in [0.15, 0.2) is 0 Å². The maximum Gasteiger partial charge on any atom is 0.257 e. The third kappa shape index (κ3) is 3.85. The SMILES string of the molecule is Cc1cc(C(=O)N2CCC[C@@H](c3nnc(CN4CCCCC4)n3C)C2)c(C)o1. The van der Waals surface area contributed by atoms with Gasteiger partial charge in [0.2, 0.25) is 0 Å². The molecule has 7 heteroatoms. The Hall–Kier alpha value is -2.15. The number of aryl methyl sites for hydroxylation is 2. The van der Waals surface area contributed by atoms with Crippen LogP contribution in [0.5, 0.6) is 0 Å². The molecule has 0 bridgehead atoms. The predicted octanol–water partition coefficient (Wildman–Crippen LogP) is 3.03. The summed E-state index contributed by atoms with van der Waals surface area (Å²) >= 11 is 0. The summed E-state index contributed by atoms with van der Waals surface area (Å²) in [5.74, 6) is 3.82. The van der Waals surface area contributed by atoms with Crippen LogP contribution in [0.25, 0.3) is 0 Å². The topological polar surface area (TPSA) is 67.4 Å². The third-order valence-corrected chi connectivity index (χ3v) is 6.16. The molecule has 2 aliphatic heterocycles. The molecule has 0 aliphatic carbocycles. The highest BCUT2D eigenvalue weighted by Crippen LogP contribution is 2.28. The molecule has 2 aliphatic rings. The van der Waals surface area contributed by atoms with Crippen LogP contribution in [0.2, 0.25) is 0 Å². The van der Waals surface area contributed by atoms with Gasteiger partial charge in [-0.1, -0.05) is 6.42 Å². The second kappa shape index (κ2) is 8.07. The highest BCUT2D eigenvalue weighted by molar-refractivity contribution is 5.95. The highest BCUT2D eigenvalue weighted by atomic mass is 16.3. The van der Waals surface area contributed by atoms with Crippen LogP contribution in [0, 0.1) is 13.8 Å². The summed E-state index contributed by atoms with van der Waals surface area (Å²) in [5.41, 5.74) is 0.682. The van der Waals surface area contributed by atoms with E-state index in [-0.39, 0.29) is 11.8 Å². The van der Waals surface area contributed by atoms with Gasteiger partial charge < -0.3 is 13.9 Å². The van der Waals surface area contributed by atoms with E-state index in [0.717, 1.165) is 56.4 Å². The molecule has 4 rings (SSSR count). The first-order valence-electron chi connectivity index (χ1n) is 10.5. The number of hydrogen-bond acceptors (Lipinski definition) is 5. The van der Waals surface area contributed by atoms with Crippen molar-refractivity contribution in [3.8, 4) is 0 Å². The van der Waals surface area contributed by atoms with Crippen molar-refractivity contribution in [2.45, 2.75) is 58.4 Å². The Balaban J connectivity index is 1.46. The van der Waals surface area contributed by atoms with E-state index in [2.05, 4.69) is 26.7 Å². The molecular weight excluding hydrogens is 354 g/mol. The second-order valence-electron chi connectivity index (χ2n) is 8.29. The number of amides is 1. The van der Waals surface area contributed by atoms with Crippen molar-refractivity contribution < 1.29 is 9.21 Å². The minimum absolute atomic E-state index is 0.0646. The van der Waals surface area contributed by atoms with Gasteiger partial charge >= 0.3 is 0 Å². The van der Waals surface area contributed by atoms with Gasteiger partial charge in [-0.3, -0.25) is 9.69 Å². The zero-order valence-corrected chi connectivity index (χ0v) is 17.3. The van der Waals surface area contributed by atoms with Crippen molar-refractivity contribution in [2.24, 2.45) is 7.05 Å². The van der Waals surface area contributed by atoms with Gasteiger partial charge in [0.25, 0.3) is 5.91 Å². The van der Waals surface area contributed by atoms with E-state index in [1.54, 1.807) is 0 Å². The Morgan fingerprint density at radius 2 is 1.93 bits per heavy atom. The van der Waals surface area contributed by atoms with Crippen LogP contribution in [0.15, 0.2) is 10.5 Å². The molecule has 1 atom stereocenters. The van der Waals surface area contributed by atoms with Gasteiger partial charge in [0.1, 0.15) is 23.2 Å². The van der Waals surface area contributed by atoms with Gasteiger partial charge in [-0.25, -0.2) is 0 Å². The number of carbonyl (C=O) groups excluding carboxylic acids is 1. The zero-order chi connectivity index (χ0) is 19.7. The number of furan rings is 1. The van der Waals surface area contributed by atoms with Crippen LogP contribution in [0.3, 0.4) is 0 Å². The first-order valence-corrected chi connectivity index (χ1v) is 10.5. The fourth-order valence-corrected chi connectivity index (χ4v) is 4.57. The Labute approximate surface area is 166 Å². The summed E-state index contributed by atoms with van der Waals surface area (Å²) in [6, 6.07) is 1.85. The molecule has 0 spiro atoms. The Morgan fingerprint density at radius 1 is 1.14 bits per heavy atom. The van der Waals surface area contributed by atoms with E-state index in [4.69, 9.17) is 4.42 Å². The maximum absolute atomic E-state index is 13.0. The molecule has 2 aromatic rings. The molecular formula is C21H31N5O2. The number of aromatic nitrogens is 3. The van der Waals surface area contributed by atoms with Crippen LogP contribution in [0.4, 0.5) is 0 Å². The Morgan fingerprint density at radius 3 is 2.64 bits per heavy atom.